The molecular formula is C20H12FN5O2. The zero-order chi connectivity index (χ0) is 19.4. The van der Waals surface area contributed by atoms with E-state index in [1.807, 2.05) is 0 Å². The summed E-state index contributed by atoms with van der Waals surface area (Å²) < 4.78 is 15.8. The van der Waals surface area contributed by atoms with Gasteiger partial charge in [0.2, 0.25) is 0 Å². The second-order valence-electron chi connectivity index (χ2n) is 6.36. The molecule has 2 amide bonds. The van der Waals surface area contributed by atoms with Gasteiger partial charge in [-0.1, -0.05) is 12.1 Å². The van der Waals surface area contributed by atoms with Crippen LogP contribution < -0.4 is 0 Å². The monoisotopic (exact) mass is 373 g/mol. The summed E-state index contributed by atoms with van der Waals surface area (Å²) in [6, 6.07) is 9.64. The lowest BCUT2D eigenvalue weighted by atomic mass is 10.0. The number of aromatic nitrogens is 4. The maximum atomic E-state index is 14.5. The molecule has 1 aliphatic rings. The van der Waals surface area contributed by atoms with Crippen LogP contribution in [0.5, 0.6) is 0 Å². The van der Waals surface area contributed by atoms with Crippen LogP contribution in [0.25, 0.3) is 28.0 Å². The number of benzene rings is 1. The summed E-state index contributed by atoms with van der Waals surface area (Å²) in [6.45, 7) is 0. The Kier molecular flexibility index (Phi) is 3.35. The molecule has 0 saturated carbocycles. The van der Waals surface area contributed by atoms with Gasteiger partial charge in [-0.2, -0.15) is 5.10 Å². The molecule has 4 heterocycles. The first-order chi connectivity index (χ1) is 13.6. The molecule has 1 aromatic carbocycles. The van der Waals surface area contributed by atoms with E-state index in [0.29, 0.717) is 22.3 Å². The molecule has 0 radical (unpaired) electrons. The number of carbonyl (C=O) groups is 2. The highest BCUT2D eigenvalue weighted by molar-refractivity contribution is 6.27. The number of fused-ring (bicyclic) bond motifs is 3. The molecule has 0 fully saturated rings. The van der Waals surface area contributed by atoms with Gasteiger partial charge in [-0.05, 0) is 24.3 Å². The topological polar surface area (TPSA) is 81.0 Å². The first-order valence-electron chi connectivity index (χ1n) is 8.47. The van der Waals surface area contributed by atoms with Crippen LogP contribution in [0.4, 0.5) is 4.39 Å². The zero-order valence-electron chi connectivity index (χ0n) is 14.6. The molecule has 0 aliphatic carbocycles. The molecule has 0 atom stereocenters. The minimum absolute atomic E-state index is 0.199. The second kappa shape index (κ2) is 5.78. The van der Waals surface area contributed by atoms with E-state index < -0.39 is 17.6 Å². The van der Waals surface area contributed by atoms with E-state index in [0.717, 1.165) is 4.90 Å². The lowest BCUT2D eigenvalue weighted by Crippen LogP contribution is -2.24. The van der Waals surface area contributed by atoms with Gasteiger partial charge in [0.1, 0.15) is 17.2 Å². The van der Waals surface area contributed by atoms with Crippen molar-refractivity contribution >= 4 is 22.8 Å². The summed E-state index contributed by atoms with van der Waals surface area (Å²) in [4.78, 5) is 34.6. The van der Waals surface area contributed by atoms with E-state index in [1.54, 1.807) is 42.7 Å². The molecule has 0 bridgehead atoms. The summed E-state index contributed by atoms with van der Waals surface area (Å²) in [7, 11) is 1.42. The van der Waals surface area contributed by atoms with Crippen molar-refractivity contribution in [2.75, 3.05) is 7.05 Å². The Hall–Kier alpha value is -3.94. The number of hydrogen-bond acceptors (Lipinski definition) is 5. The van der Waals surface area contributed by atoms with Crippen molar-refractivity contribution in [1.29, 1.82) is 0 Å². The Morgan fingerprint density at radius 2 is 1.75 bits per heavy atom. The summed E-state index contributed by atoms with van der Waals surface area (Å²) >= 11 is 0. The van der Waals surface area contributed by atoms with Crippen LogP contribution in [0.15, 0.2) is 55.0 Å². The molecule has 1 aliphatic heterocycles. The standard InChI is InChI=1S/C20H12FN5O2/c1-25-19(27)12-10-23-18-16(15(12)20(25)28)17(11-6-8-22-9-7-11)24-26(18)14-5-3-2-4-13(14)21/h2-10H,1H3. The first kappa shape index (κ1) is 16.2. The fourth-order valence-electron chi connectivity index (χ4n) is 3.41. The Morgan fingerprint density at radius 3 is 2.50 bits per heavy atom. The van der Waals surface area contributed by atoms with Gasteiger partial charge < -0.3 is 0 Å². The third kappa shape index (κ3) is 2.11. The minimum Gasteiger partial charge on any atom is -0.277 e. The van der Waals surface area contributed by atoms with E-state index in [9.17, 15) is 14.0 Å². The van der Waals surface area contributed by atoms with Gasteiger partial charge in [0.05, 0.1) is 16.5 Å². The number of carbonyl (C=O) groups excluding carboxylic acids is 2. The quantitative estimate of drug-likeness (QED) is 0.505. The molecule has 4 aromatic rings. The highest BCUT2D eigenvalue weighted by Gasteiger charge is 2.37. The Bertz CT molecular complexity index is 1280. The molecule has 136 valence electrons. The summed E-state index contributed by atoms with van der Waals surface area (Å²) in [5.74, 6) is -1.33. The highest BCUT2D eigenvalue weighted by atomic mass is 19.1. The summed E-state index contributed by atoms with van der Waals surface area (Å²) in [5.41, 5.74) is 2.05. The van der Waals surface area contributed by atoms with Crippen LogP contribution in [-0.2, 0) is 0 Å². The van der Waals surface area contributed by atoms with Gasteiger partial charge >= 0.3 is 0 Å². The number of imide groups is 1. The molecule has 5 rings (SSSR count). The van der Waals surface area contributed by atoms with Gasteiger partial charge in [0.25, 0.3) is 11.8 Å². The first-order valence-corrected chi connectivity index (χ1v) is 8.47. The molecule has 7 nitrogen and oxygen atoms in total. The van der Waals surface area contributed by atoms with Crippen molar-refractivity contribution in [3.8, 4) is 16.9 Å². The lowest BCUT2D eigenvalue weighted by molar-refractivity contribution is 0.0693. The van der Waals surface area contributed by atoms with E-state index >= 15 is 0 Å². The number of rotatable bonds is 2. The number of halogens is 1. The van der Waals surface area contributed by atoms with Crippen LogP contribution in [0, 0.1) is 5.82 Å². The van der Waals surface area contributed by atoms with Crippen LogP contribution in [0.1, 0.15) is 20.7 Å². The molecule has 0 unspecified atom stereocenters. The molecule has 8 heteroatoms. The van der Waals surface area contributed by atoms with Crippen LogP contribution in [0.2, 0.25) is 0 Å². The maximum Gasteiger partial charge on any atom is 0.262 e. The third-order valence-electron chi connectivity index (χ3n) is 4.78. The SMILES string of the molecule is CN1C(=O)c2cnc3c(c(-c4ccncc4)nn3-c3ccccc3F)c2C1=O. The fourth-order valence-corrected chi connectivity index (χ4v) is 3.41. The molecule has 0 saturated heterocycles. The van der Waals surface area contributed by atoms with Gasteiger partial charge in [-0.3, -0.25) is 19.5 Å². The van der Waals surface area contributed by atoms with Gasteiger partial charge in [-0.25, -0.2) is 14.1 Å². The molecule has 3 aromatic heterocycles. The summed E-state index contributed by atoms with van der Waals surface area (Å²) in [6.07, 6.45) is 4.54. The molecular weight excluding hydrogens is 361 g/mol. The summed E-state index contributed by atoms with van der Waals surface area (Å²) in [5, 5.41) is 4.97. The largest absolute Gasteiger partial charge is 0.277 e. The Balaban J connectivity index is 1.93. The van der Waals surface area contributed by atoms with Gasteiger partial charge in [-0.15, -0.1) is 0 Å². The second-order valence-corrected chi connectivity index (χ2v) is 6.36. The van der Waals surface area contributed by atoms with Crippen molar-refractivity contribution in [2.45, 2.75) is 0 Å². The number of hydrogen-bond donors (Lipinski definition) is 0. The van der Waals surface area contributed by atoms with E-state index in [4.69, 9.17) is 0 Å². The van der Waals surface area contributed by atoms with Crippen LogP contribution in [0.3, 0.4) is 0 Å². The Labute approximate surface area is 158 Å². The van der Waals surface area contributed by atoms with Crippen molar-refractivity contribution in [3.63, 3.8) is 0 Å². The van der Waals surface area contributed by atoms with E-state index in [-0.39, 0.29) is 16.8 Å². The van der Waals surface area contributed by atoms with Crippen LogP contribution in [-0.4, -0.2) is 43.5 Å². The molecule has 0 spiro atoms. The number of para-hydroxylation sites is 1. The number of amides is 2. The fraction of sp³-hybridized carbons (Fsp3) is 0.0500. The van der Waals surface area contributed by atoms with Crippen molar-refractivity contribution in [1.82, 2.24) is 24.6 Å². The van der Waals surface area contributed by atoms with Gasteiger partial charge in [0.15, 0.2) is 5.65 Å². The maximum absolute atomic E-state index is 14.5. The number of nitrogens with zero attached hydrogens (tertiary/aromatic N) is 5. The zero-order valence-corrected chi connectivity index (χ0v) is 14.6. The highest BCUT2D eigenvalue weighted by Crippen LogP contribution is 2.36. The minimum atomic E-state index is -0.477. The van der Waals surface area contributed by atoms with Crippen molar-refractivity contribution in [2.24, 2.45) is 0 Å². The average Bonchev–Trinajstić information content (AvgIpc) is 3.21. The molecule has 28 heavy (non-hydrogen) atoms. The van der Waals surface area contributed by atoms with E-state index in [1.165, 1.54) is 24.0 Å². The van der Waals surface area contributed by atoms with Gasteiger partial charge in [0, 0.05) is 31.2 Å². The normalized spacial score (nSPS) is 13.4. The Morgan fingerprint density at radius 1 is 1.00 bits per heavy atom. The average molecular weight is 373 g/mol. The van der Waals surface area contributed by atoms with E-state index in [2.05, 4.69) is 15.1 Å². The third-order valence-corrected chi connectivity index (χ3v) is 4.78. The lowest BCUT2D eigenvalue weighted by Gasteiger charge is -2.04. The van der Waals surface area contributed by atoms with Crippen molar-refractivity contribution < 1.29 is 14.0 Å². The smallest absolute Gasteiger partial charge is 0.262 e. The predicted molar refractivity (Wildman–Crippen MR) is 98.5 cm³/mol. The van der Waals surface area contributed by atoms with Crippen molar-refractivity contribution in [3.05, 3.63) is 71.9 Å². The molecule has 0 N–H and O–H groups in total. The predicted octanol–water partition coefficient (Wildman–Crippen LogP) is 2.85. The number of pyridine rings is 2. The van der Waals surface area contributed by atoms with Crippen LogP contribution >= 0.6 is 0 Å².